The fourth-order valence-electron chi connectivity index (χ4n) is 4.35. The van der Waals surface area contributed by atoms with Gasteiger partial charge >= 0.3 is 6.09 Å². The van der Waals surface area contributed by atoms with E-state index in [0.717, 1.165) is 28.7 Å². The molecule has 0 aliphatic rings. The Morgan fingerprint density at radius 1 is 0.839 bits per heavy atom. The summed E-state index contributed by atoms with van der Waals surface area (Å²) in [5.74, 6) is 0.0906. The molecule has 0 aliphatic heterocycles. The van der Waals surface area contributed by atoms with Crippen LogP contribution in [-0.4, -0.2) is 23.2 Å². The van der Waals surface area contributed by atoms with Gasteiger partial charge in [-0.3, -0.25) is 5.32 Å². The van der Waals surface area contributed by atoms with Crippen LogP contribution in [0.25, 0.3) is 21.8 Å². The number of aromatic nitrogens is 2. The zero-order valence-electron chi connectivity index (χ0n) is 17.2. The molecule has 5 aromatic rings. The molecule has 0 spiro atoms. The van der Waals surface area contributed by atoms with E-state index in [2.05, 4.69) is 70.1 Å². The lowest BCUT2D eigenvalue weighted by Gasteiger charge is -2.19. The second-order valence-electron chi connectivity index (χ2n) is 7.61. The lowest BCUT2D eigenvalue weighted by atomic mass is 9.85. The molecule has 0 aliphatic carbocycles. The zero-order valence-corrected chi connectivity index (χ0v) is 17.2. The van der Waals surface area contributed by atoms with Gasteiger partial charge in [-0.2, -0.15) is 0 Å². The number of aromatic amines is 2. The van der Waals surface area contributed by atoms with Gasteiger partial charge in [0.1, 0.15) is 0 Å². The molecular weight excluding hydrogens is 386 g/mol. The van der Waals surface area contributed by atoms with Gasteiger partial charge in [-0.25, -0.2) is 4.79 Å². The van der Waals surface area contributed by atoms with Crippen LogP contribution >= 0.6 is 0 Å². The number of hydrogen-bond acceptors (Lipinski definition) is 2. The van der Waals surface area contributed by atoms with Gasteiger partial charge in [0.25, 0.3) is 0 Å². The molecule has 5 rings (SSSR count). The summed E-state index contributed by atoms with van der Waals surface area (Å²) >= 11 is 0. The van der Waals surface area contributed by atoms with E-state index in [1.165, 1.54) is 29.0 Å². The van der Waals surface area contributed by atoms with E-state index in [1.807, 2.05) is 30.3 Å². The van der Waals surface area contributed by atoms with Crippen molar-refractivity contribution in [2.75, 3.05) is 12.4 Å². The summed E-state index contributed by atoms with van der Waals surface area (Å²) in [4.78, 5) is 18.7. The summed E-state index contributed by atoms with van der Waals surface area (Å²) in [6.07, 6.45) is 4.47. The van der Waals surface area contributed by atoms with Gasteiger partial charge in [0, 0.05) is 45.8 Å². The molecule has 2 aromatic heterocycles. The number of rotatable bonds is 5. The molecule has 2 heterocycles. The largest absolute Gasteiger partial charge is 0.453 e. The number of hydrogen-bond donors (Lipinski definition) is 3. The molecule has 0 radical (unpaired) electrons. The number of nitrogens with one attached hydrogen (secondary N) is 3. The van der Waals surface area contributed by atoms with Crippen LogP contribution in [0.15, 0.2) is 85.2 Å². The van der Waals surface area contributed by atoms with Crippen LogP contribution in [0.5, 0.6) is 0 Å². The Labute approximate surface area is 180 Å². The number of para-hydroxylation sites is 3. The van der Waals surface area contributed by atoms with Gasteiger partial charge in [0.2, 0.25) is 0 Å². The van der Waals surface area contributed by atoms with Gasteiger partial charge < -0.3 is 14.7 Å². The van der Waals surface area contributed by atoms with Crippen molar-refractivity contribution in [1.29, 1.82) is 0 Å². The van der Waals surface area contributed by atoms with Crippen LogP contribution in [0.4, 0.5) is 10.5 Å². The third-order valence-corrected chi connectivity index (χ3v) is 5.86. The quantitative estimate of drug-likeness (QED) is 0.323. The summed E-state index contributed by atoms with van der Waals surface area (Å²) in [5.41, 5.74) is 6.50. The number of H-pyrrole nitrogens is 2. The highest BCUT2D eigenvalue weighted by Gasteiger charge is 2.23. The van der Waals surface area contributed by atoms with Crippen molar-refractivity contribution in [2.45, 2.75) is 12.3 Å². The third-order valence-electron chi connectivity index (χ3n) is 5.86. The first-order chi connectivity index (χ1) is 15.2. The van der Waals surface area contributed by atoms with Gasteiger partial charge in [-0.05, 0) is 41.3 Å². The molecule has 154 valence electrons. The van der Waals surface area contributed by atoms with Crippen molar-refractivity contribution in [1.82, 2.24) is 9.97 Å². The molecule has 3 aromatic carbocycles. The van der Waals surface area contributed by atoms with Crippen LogP contribution in [0.3, 0.4) is 0 Å². The van der Waals surface area contributed by atoms with Crippen LogP contribution in [0, 0.1) is 0 Å². The normalized spacial score (nSPS) is 11.3. The summed E-state index contributed by atoms with van der Waals surface area (Å²) in [6, 6.07) is 24.6. The second-order valence-corrected chi connectivity index (χ2v) is 7.61. The Bertz CT molecular complexity index is 1290. The molecule has 1 amide bonds. The number of anilines is 1. The molecule has 5 heteroatoms. The molecule has 0 atom stereocenters. The van der Waals surface area contributed by atoms with Crippen LogP contribution < -0.4 is 5.32 Å². The average Bonchev–Trinajstić information content (AvgIpc) is 3.43. The molecule has 0 saturated carbocycles. The molecule has 31 heavy (non-hydrogen) atoms. The second kappa shape index (κ2) is 8.03. The summed E-state index contributed by atoms with van der Waals surface area (Å²) in [7, 11) is 1.37. The molecule has 0 saturated heterocycles. The Morgan fingerprint density at radius 2 is 1.39 bits per heavy atom. The van der Waals surface area contributed by atoms with Crippen molar-refractivity contribution in [3.8, 4) is 0 Å². The topological polar surface area (TPSA) is 69.9 Å². The van der Waals surface area contributed by atoms with Crippen LogP contribution in [0.2, 0.25) is 0 Å². The van der Waals surface area contributed by atoms with Crippen molar-refractivity contribution >= 4 is 33.6 Å². The SMILES string of the molecule is COC(=O)Nc1ccccc1CC(c1c[nH]c2ccccc12)c1c[nH]c2ccccc12. The Balaban J connectivity index is 1.65. The number of carbonyl (C=O) groups is 1. The maximum atomic E-state index is 11.9. The number of fused-ring (bicyclic) bond motifs is 2. The summed E-state index contributed by atoms with van der Waals surface area (Å²) in [5, 5.41) is 5.26. The van der Waals surface area contributed by atoms with E-state index in [1.54, 1.807) is 0 Å². The van der Waals surface area contributed by atoms with E-state index < -0.39 is 6.09 Å². The molecule has 5 nitrogen and oxygen atoms in total. The van der Waals surface area contributed by atoms with Gasteiger partial charge in [-0.1, -0.05) is 54.6 Å². The van der Waals surface area contributed by atoms with Gasteiger partial charge in [0.15, 0.2) is 0 Å². The van der Waals surface area contributed by atoms with Crippen molar-refractivity contribution < 1.29 is 9.53 Å². The number of methoxy groups -OCH3 is 1. The number of carbonyl (C=O) groups excluding carboxylic acids is 1. The zero-order chi connectivity index (χ0) is 21.2. The Kier molecular flexibility index (Phi) is 4.92. The van der Waals surface area contributed by atoms with Crippen molar-refractivity contribution in [3.05, 3.63) is 102 Å². The summed E-state index contributed by atoms with van der Waals surface area (Å²) < 4.78 is 4.81. The van der Waals surface area contributed by atoms with E-state index in [-0.39, 0.29) is 5.92 Å². The number of benzene rings is 3. The predicted octanol–water partition coefficient (Wildman–Crippen LogP) is 6.20. The molecular formula is C26H23N3O2. The van der Waals surface area contributed by atoms with Gasteiger partial charge in [-0.15, -0.1) is 0 Å². The number of ether oxygens (including phenoxy) is 1. The monoisotopic (exact) mass is 409 g/mol. The first-order valence-corrected chi connectivity index (χ1v) is 10.3. The standard InChI is InChI=1S/C26H23N3O2/c1-31-26(30)29-23-11-5-2-8-17(23)14-20(21-15-27-24-12-6-3-9-18(21)24)22-16-28-25-13-7-4-10-19(22)25/h2-13,15-16,20,27-28H,14H2,1H3,(H,29,30). The predicted molar refractivity (Wildman–Crippen MR) is 125 cm³/mol. The fourth-order valence-corrected chi connectivity index (χ4v) is 4.35. The minimum atomic E-state index is -0.469. The van der Waals surface area contributed by atoms with Gasteiger partial charge in [0.05, 0.1) is 7.11 Å². The summed E-state index contributed by atoms with van der Waals surface area (Å²) in [6.45, 7) is 0. The first-order valence-electron chi connectivity index (χ1n) is 10.3. The minimum Gasteiger partial charge on any atom is -0.453 e. The average molecular weight is 409 g/mol. The highest BCUT2D eigenvalue weighted by Crippen LogP contribution is 2.38. The highest BCUT2D eigenvalue weighted by molar-refractivity contribution is 5.89. The number of amides is 1. The molecule has 3 N–H and O–H groups in total. The molecule has 0 fully saturated rings. The van der Waals surface area contributed by atoms with Crippen molar-refractivity contribution in [2.24, 2.45) is 0 Å². The molecule has 0 unspecified atom stereocenters. The Morgan fingerprint density at radius 3 is 2.00 bits per heavy atom. The van der Waals surface area contributed by atoms with Crippen molar-refractivity contribution in [3.63, 3.8) is 0 Å². The fraction of sp³-hybridized carbons (Fsp3) is 0.115. The highest BCUT2D eigenvalue weighted by atomic mass is 16.5. The van der Waals surface area contributed by atoms with E-state index in [0.29, 0.717) is 0 Å². The van der Waals surface area contributed by atoms with Crippen LogP contribution in [-0.2, 0) is 11.2 Å². The van der Waals surface area contributed by atoms with E-state index in [4.69, 9.17) is 4.74 Å². The maximum Gasteiger partial charge on any atom is 0.411 e. The maximum absolute atomic E-state index is 11.9. The van der Waals surface area contributed by atoms with E-state index >= 15 is 0 Å². The molecule has 0 bridgehead atoms. The van der Waals surface area contributed by atoms with E-state index in [9.17, 15) is 4.79 Å². The third kappa shape index (κ3) is 3.55. The smallest absolute Gasteiger partial charge is 0.411 e. The Hall–Kier alpha value is -3.99. The van der Waals surface area contributed by atoms with Crippen LogP contribution in [0.1, 0.15) is 22.6 Å². The lowest BCUT2D eigenvalue weighted by molar-refractivity contribution is 0.187. The minimum absolute atomic E-state index is 0.0906. The lowest BCUT2D eigenvalue weighted by Crippen LogP contribution is -2.14. The first kappa shape index (κ1) is 19.0.